The zero-order valence-corrected chi connectivity index (χ0v) is 9.05. The number of aliphatic hydroxyl groups is 1. The summed E-state index contributed by atoms with van der Waals surface area (Å²) >= 11 is 0. The van der Waals surface area contributed by atoms with Crippen LogP contribution in [-0.2, 0) is 5.41 Å². The van der Waals surface area contributed by atoms with Gasteiger partial charge in [0.2, 0.25) is 0 Å². The summed E-state index contributed by atoms with van der Waals surface area (Å²) in [6.45, 7) is 5.46. The van der Waals surface area contributed by atoms with E-state index in [9.17, 15) is 9.50 Å². The lowest BCUT2D eigenvalue weighted by Gasteiger charge is -2.25. The molecule has 0 saturated heterocycles. The van der Waals surface area contributed by atoms with Gasteiger partial charge in [-0.2, -0.15) is 0 Å². The second kappa shape index (κ2) is 3.58. The van der Waals surface area contributed by atoms with Crippen molar-refractivity contribution in [2.24, 2.45) is 0 Å². The van der Waals surface area contributed by atoms with Crippen LogP contribution in [0.1, 0.15) is 31.1 Å². The van der Waals surface area contributed by atoms with E-state index in [1.807, 2.05) is 0 Å². The van der Waals surface area contributed by atoms with E-state index in [-0.39, 0.29) is 11.2 Å². The fraction of sp³-hybridized carbons (Fsp3) is 0.500. The summed E-state index contributed by atoms with van der Waals surface area (Å²) in [6, 6.07) is 4.67. The Morgan fingerprint density at radius 1 is 1.47 bits per heavy atom. The number of benzene rings is 1. The van der Waals surface area contributed by atoms with Crippen LogP contribution in [0.15, 0.2) is 18.2 Å². The van der Waals surface area contributed by atoms with Crippen molar-refractivity contribution in [1.29, 1.82) is 0 Å². The highest BCUT2D eigenvalue weighted by atomic mass is 19.1. The molecule has 0 spiro atoms. The Kier molecular flexibility index (Phi) is 2.52. The van der Waals surface area contributed by atoms with Gasteiger partial charge in [0.1, 0.15) is 5.82 Å². The third kappa shape index (κ3) is 1.90. The topological polar surface area (TPSA) is 32.3 Å². The van der Waals surface area contributed by atoms with Crippen molar-refractivity contribution >= 4 is 0 Å². The molecule has 0 saturated carbocycles. The Labute approximate surface area is 89.1 Å². The van der Waals surface area contributed by atoms with Crippen LogP contribution in [0.5, 0.6) is 0 Å². The summed E-state index contributed by atoms with van der Waals surface area (Å²) in [5.41, 5.74) is 1.67. The molecule has 1 aromatic carbocycles. The van der Waals surface area contributed by atoms with E-state index in [0.29, 0.717) is 12.1 Å². The summed E-state index contributed by atoms with van der Waals surface area (Å²) in [7, 11) is 0. The smallest absolute Gasteiger partial charge is 0.123 e. The molecule has 15 heavy (non-hydrogen) atoms. The molecule has 1 atom stereocenters. The zero-order valence-electron chi connectivity index (χ0n) is 9.05. The van der Waals surface area contributed by atoms with Crippen molar-refractivity contribution in [2.45, 2.75) is 25.4 Å². The lowest BCUT2D eigenvalue weighted by Crippen LogP contribution is -2.31. The van der Waals surface area contributed by atoms with Crippen molar-refractivity contribution < 1.29 is 9.50 Å². The van der Waals surface area contributed by atoms with E-state index in [1.165, 1.54) is 12.1 Å². The molecule has 1 heterocycles. The zero-order chi connectivity index (χ0) is 11.1. The minimum Gasteiger partial charge on any atom is -0.387 e. The molecule has 2 N–H and O–H groups in total. The number of aliphatic hydroxyl groups excluding tert-OH is 1. The summed E-state index contributed by atoms with van der Waals surface area (Å²) < 4.78 is 13.1. The van der Waals surface area contributed by atoms with Gasteiger partial charge in [0.25, 0.3) is 0 Å². The SMILES string of the molecule is CC1(C)CNCC(O)c2cc(F)ccc21. The molecule has 0 aromatic heterocycles. The molecule has 1 aromatic rings. The number of hydrogen-bond donors (Lipinski definition) is 2. The third-order valence-corrected chi connectivity index (χ3v) is 3.01. The maximum atomic E-state index is 13.1. The van der Waals surface area contributed by atoms with Crippen molar-refractivity contribution in [3.05, 3.63) is 35.1 Å². The van der Waals surface area contributed by atoms with Gasteiger partial charge in [0.15, 0.2) is 0 Å². The summed E-state index contributed by atoms with van der Waals surface area (Å²) in [5, 5.41) is 13.1. The Bertz CT molecular complexity index is 376. The molecule has 1 aliphatic heterocycles. The maximum absolute atomic E-state index is 13.1. The van der Waals surface area contributed by atoms with Crippen LogP contribution in [0.2, 0.25) is 0 Å². The first kappa shape index (κ1) is 10.6. The highest BCUT2D eigenvalue weighted by Crippen LogP contribution is 2.32. The van der Waals surface area contributed by atoms with Gasteiger partial charge in [0.05, 0.1) is 6.10 Å². The molecule has 3 heteroatoms. The second-order valence-electron chi connectivity index (χ2n) is 4.76. The maximum Gasteiger partial charge on any atom is 0.123 e. The Hall–Kier alpha value is -0.930. The van der Waals surface area contributed by atoms with Gasteiger partial charge in [-0.25, -0.2) is 4.39 Å². The van der Waals surface area contributed by atoms with Crippen LogP contribution >= 0.6 is 0 Å². The van der Waals surface area contributed by atoms with E-state index < -0.39 is 6.10 Å². The number of β-amino-alcohol motifs (C(OH)–C–C–N with tert-alkyl or cyclic N) is 1. The average Bonchev–Trinajstić information content (AvgIpc) is 2.25. The first-order valence-electron chi connectivity index (χ1n) is 5.19. The van der Waals surface area contributed by atoms with E-state index in [2.05, 4.69) is 19.2 Å². The van der Waals surface area contributed by atoms with Crippen molar-refractivity contribution in [1.82, 2.24) is 5.32 Å². The molecule has 2 rings (SSSR count). The predicted molar refractivity (Wildman–Crippen MR) is 57.3 cm³/mol. The van der Waals surface area contributed by atoms with Crippen LogP contribution in [0.25, 0.3) is 0 Å². The molecular formula is C12H16FNO. The summed E-state index contributed by atoms with van der Waals surface area (Å²) in [4.78, 5) is 0. The molecular weight excluding hydrogens is 193 g/mol. The second-order valence-corrected chi connectivity index (χ2v) is 4.76. The molecule has 0 amide bonds. The van der Waals surface area contributed by atoms with E-state index in [4.69, 9.17) is 0 Å². The van der Waals surface area contributed by atoms with Crippen LogP contribution < -0.4 is 5.32 Å². The predicted octanol–water partition coefficient (Wildman–Crippen LogP) is 1.74. The van der Waals surface area contributed by atoms with Crippen molar-refractivity contribution in [3.63, 3.8) is 0 Å². The largest absolute Gasteiger partial charge is 0.387 e. The van der Waals surface area contributed by atoms with Crippen LogP contribution in [0, 0.1) is 5.82 Å². The summed E-state index contributed by atoms with van der Waals surface area (Å²) in [6.07, 6.45) is -0.613. The molecule has 1 aliphatic rings. The van der Waals surface area contributed by atoms with E-state index in [0.717, 1.165) is 12.1 Å². The van der Waals surface area contributed by atoms with Gasteiger partial charge in [-0.05, 0) is 23.3 Å². The number of halogens is 1. The molecule has 0 fully saturated rings. The Balaban J connectivity index is 2.56. The number of fused-ring (bicyclic) bond motifs is 1. The van der Waals surface area contributed by atoms with Crippen LogP contribution in [0.4, 0.5) is 4.39 Å². The van der Waals surface area contributed by atoms with Crippen LogP contribution in [0.3, 0.4) is 0 Å². The normalized spacial score (nSPS) is 24.4. The molecule has 0 aliphatic carbocycles. The highest BCUT2D eigenvalue weighted by molar-refractivity contribution is 5.37. The van der Waals surface area contributed by atoms with Crippen molar-refractivity contribution in [3.8, 4) is 0 Å². The van der Waals surface area contributed by atoms with E-state index >= 15 is 0 Å². The number of nitrogens with one attached hydrogen (secondary N) is 1. The van der Waals surface area contributed by atoms with E-state index in [1.54, 1.807) is 6.07 Å². The molecule has 2 nitrogen and oxygen atoms in total. The molecule has 1 unspecified atom stereocenters. The lowest BCUT2D eigenvalue weighted by molar-refractivity contribution is 0.177. The standard InChI is InChI=1S/C12H16FNO/c1-12(2)7-14-6-11(15)9-5-8(13)3-4-10(9)12/h3-5,11,14-15H,6-7H2,1-2H3. The minimum atomic E-state index is -0.613. The van der Waals surface area contributed by atoms with Gasteiger partial charge in [-0.15, -0.1) is 0 Å². The first-order valence-corrected chi connectivity index (χ1v) is 5.19. The quantitative estimate of drug-likeness (QED) is 0.682. The number of rotatable bonds is 0. The van der Waals surface area contributed by atoms with Crippen molar-refractivity contribution in [2.75, 3.05) is 13.1 Å². The highest BCUT2D eigenvalue weighted by Gasteiger charge is 2.29. The lowest BCUT2D eigenvalue weighted by atomic mass is 9.81. The molecule has 82 valence electrons. The first-order chi connectivity index (χ1) is 7.00. The fourth-order valence-corrected chi connectivity index (χ4v) is 2.15. The van der Waals surface area contributed by atoms with Gasteiger partial charge >= 0.3 is 0 Å². The monoisotopic (exact) mass is 209 g/mol. The van der Waals surface area contributed by atoms with Gasteiger partial charge in [-0.1, -0.05) is 19.9 Å². The minimum absolute atomic E-state index is 0.0689. The van der Waals surface area contributed by atoms with Crippen LogP contribution in [-0.4, -0.2) is 18.2 Å². The van der Waals surface area contributed by atoms with Gasteiger partial charge in [0, 0.05) is 18.5 Å². The third-order valence-electron chi connectivity index (χ3n) is 3.01. The number of hydrogen-bond acceptors (Lipinski definition) is 2. The molecule has 0 radical (unpaired) electrons. The van der Waals surface area contributed by atoms with Gasteiger partial charge in [-0.3, -0.25) is 0 Å². The fourth-order valence-electron chi connectivity index (χ4n) is 2.15. The summed E-state index contributed by atoms with van der Waals surface area (Å²) in [5.74, 6) is -0.287. The van der Waals surface area contributed by atoms with Gasteiger partial charge < -0.3 is 10.4 Å². The molecule has 0 bridgehead atoms. The Morgan fingerprint density at radius 2 is 2.20 bits per heavy atom. The average molecular weight is 209 g/mol. The Morgan fingerprint density at radius 3 is 2.93 bits per heavy atom.